The van der Waals surface area contributed by atoms with Crippen molar-refractivity contribution in [3.05, 3.63) is 108 Å². The van der Waals surface area contributed by atoms with Gasteiger partial charge in [0.05, 0.1) is 41.9 Å². The summed E-state index contributed by atoms with van der Waals surface area (Å²) in [5.41, 5.74) is 8.41. The van der Waals surface area contributed by atoms with Crippen molar-refractivity contribution >= 4 is 34.9 Å². The zero-order valence-corrected chi connectivity index (χ0v) is 41.6. The van der Waals surface area contributed by atoms with Gasteiger partial charge in [-0.2, -0.15) is 0 Å². The third-order valence-corrected chi connectivity index (χ3v) is 14.7. The Kier molecular flexibility index (Phi) is 11.8. The Morgan fingerprint density at radius 3 is 1.68 bits per heavy atom. The monoisotopic (exact) mass is 960 g/mol. The van der Waals surface area contributed by atoms with E-state index in [1.54, 1.807) is 0 Å². The van der Waals surface area contributed by atoms with Gasteiger partial charge in [0.1, 0.15) is 34.9 Å². The molecule has 2 saturated heterocycles. The smallest absolute Gasteiger partial charge is 0.408 e. The molecular weight excluding hydrogens is 895 g/mol. The van der Waals surface area contributed by atoms with Gasteiger partial charge >= 0.3 is 12.2 Å². The van der Waals surface area contributed by atoms with Crippen LogP contribution >= 0.6 is 0 Å². The molecule has 0 spiro atoms. The summed E-state index contributed by atoms with van der Waals surface area (Å²) >= 11 is 0. The summed E-state index contributed by atoms with van der Waals surface area (Å²) in [6, 6.07) is 24.6. The van der Waals surface area contributed by atoms with E-state index < -0.39 is 35.5 Å². The second-order valence-electron chi connectivity index (χ2n) is 22.3. The summed E-state index contributed by atoms with van der Waals surface area (Å²) in [7, 11) is 0. The van der Waals surface area contributed by atoms with Gasteiger partial charge in [0, 0.05) is 40.8 Å². The third kappa shape index (κ3) is 9.54. The van der Waals surface area contributed by atoms with E-state index in [-0.39, 0.29) is 41.8 Å². The van der Waals surface area contributed by atoms with Crippen LogP contribution < -0.4 is 10.6 Å². The van der Waals surface area contributed by atoms with Gasteiger partial charge in [0.15, 0.2) is 0 Å². The molecule has 6 aromatic rings. The van der Waals surface area contributed by atoms with Crippen LogP contribution in [-0.4, -0.2) is 94.7 Å². The number of rotatable bonds is 11. The lowest BCUT2D eigenvalue weighted by Gasteiger charge is -2.30. The SMILES string of the molecule is CC(C)(C)OC(=O)NC(C(=O)N1CCC[C@@H]1c1ncc(-c2ccc3c(c2)cc2n3C(c3ccccc3)Cc3cc(-c4cnc([C@H]5CCCN5C(=O)[C@@H](NC(=O)OC(C)(C)C)C5CC5)[nH]4)ccc3-2)[nH]1)C1CC1. The fourth-order valence-electron chi connectivity index (χ4n) is 11.2. The first-order valence-corrected chi connectivity index (χ1v) is 25.6. The van der Waals surface area contributed by atoms with E-state index in [0.717, 1.165) is 109 Å². The van der Waals surface area contributed by atoms with Gasteiger partial charge in [0.2, 0.25) is 11.8 Å². The van der Waals surface area contributed by atoms with Crippen LogP contribution in [0.4, 0.5) is 9.59 Å². The van der Waals surface area contributed by atoms with E-state index in [0.29, 0.717) is 13.1 Å². The Balaban J connectivity index is 0.846. The number of hydrogen-bond acceptors (Lipinski definition) is 8. The third-order valence-electron chi connectivity index (χ3n) is 14.7. The van der Waals surface area contributed by atoms with Crippen LogP contribution in [0.15, 0.2) is 85.2 Å². The average molecular weight is 960 g/mol. The lowest BCUT2D eigenvalue weighted by molar-refractivity contribution is -0.135. The molecule has 5 atom stereocenters. The molecule has 15 heteroatoms. The van der Waals surface area contributed by atoms with Crippen molar-refractivity contribution < 1.29 is 28.7 Å². The van der Waals surface area contributed by atoms with E-state index in [4.69, 9.17) is 19.4 Å². The van der Waals surface area contributed by atoms with Gasteiger partial charge in [-0.15, -0.1) is 0 Å². The minimum Gasteiger partial charge on any atom is -0.444 e. The zero-order chi connectivity index (χ0) is 49.3. The lowest BCUT2D eigenvalue weighted by atomic mass is 9.88. The number of carbonyl (C=O) groups excluding carboxylic acids is 4. The second-order valence-corrected chi connectivity index (χ2v) is 22.3. The first kappa shape index (κ1) is 46.5. The quantitative estimate of drug-likeness (QED) is 0.0991. The fraction of sp³-hybridized carbons (Fsp3) is 0.464. The van der Waals surface area contributed by atoms with Crippen LogP contribution in [0.5, 0.6) is 0 Å². The molecule has 3 aromatic heterocycles. The summed E-state index contributed by atoms with van der Waals surface area (Å²) in [5, 5.41) is 6.92. The number of H-pyrrole nitrogens is 2. The van der Waals surface area contributed by atoms with Crippen LogP contribution in [-0.2, 0) is 25.5 Å². The second kappa shape index (κ2) is 18.1. The van der Waals surface area contributed by atoms with Crippen LogP contribution in [0.25, 0.3) is 44.7 Å². The fourth-order valence-corrected chi connectivity index (χ4v) is 11.2. The van der Waals surface area contributed by atoms with Crippen LogP contribution in [0, 0.1) is 11.8 Å². The molecule has 2 unspecified atom stereocenters. The maximum Gasteiger partial charge on any atom is 0.408 e. The maximum atomic E-state index is 14.1. The Hall–Kier alpha value is -6.90. The highest BCUT2D eigenvalue weighted by molar-refractivity contribution is 5.92. The number of benzene rings is 3. The van der Waals surface area contributed by atoms with E-state index >= 15 is 0 Å². The molecular formula is C56H65N9O6. The first-order chi connectivity index (χ1) is 34.0. The molecule has 3 aromatic carbocycles. The number of aromatic nitrogens is 5. The molecule has 4 amide bonds. The minimum absolute atomic E-state index is 0.0512. The van der Waals surface area contributed by atoms with Crippen LogP contribution in [0.1, 0.15) is 134 Å². The number of amides is 4. The molecule has 370 valence electrons. The van der Waals surface area contributed by atoms with Gasteiger partial charge < -0.3 is 44.4 Å². The molecule has 5 aliphatic rings. The summed E-state index contributed by atoms with van der Waals surface area (Å²) in [5.74, 6) is 1.57. The van der Waals surface area contributed by atoms with E-state index in [2.05, 4.69) is 98.0 Å². The number of hydrogen-bond donors (Lipinski definition) is 4. The highest BCUT2D eigenvalue weighted by Gasteiger charge is 2.45. The van der Waals surface area contributed by atoms with Crippen molar-refractivity contribution in [2.75, 3.05) is 13.1 Å². The number of carbonyl (C=O) groups is 4. The van der Waals surface area contributed by atoms with Crippen molar-refractivity contribution in [3.8, 4) is 33.8 Å². The van der Waals surface area contributed by atoms with Crippen molar-refractivity contribution in [2.24, 2.45) is 11.8 Å². The van der Waals surface area contributed by atoms with Gasteiger partial charge in [-0.05, 0) is 152 Å². The molecule has 11 rings (SSSR count). The normalized spacial score (nSPS) is 20.8. The molecule has 71 heavy (non-hydrogen) atoms. The molecule has 0 radical (unpaired) electrons. The standard InChI is InChI=1S/C56H65N9O6/c1-55(2,3)70-53(68)61-47(33-16-17-33)51(66)63-24-10-14-43(63)49-57-30-40(59-49)35-20-22-39-37(26-35)28-45(32-12-8-7-9-13-32)65-42-23-21-36(27-38(42)29-46(39)65)41-31-58-50(60-41)44-15-11-25-64(44)52(67)48(34-18-19-34)62-54(69)71-56(4,5)6/h7-9,12-13,20-23,26-27,29-31,33-34,43-45,47-48H,10-11,14-19,24-25,28H2,1-6H3,(H,57,59)(H,58,60)(H,61,68)(H,62,69)/t43-,44-,45?,47+,48?/m1/s1. The highest BCUT2D eigenvalue weighted by Crippen LogP contribution is 2.45. The summed E-state index contributed by atoms with van der Waals surface area (Å²) in [4.78, 5) is 74.5. The van der Waals surface area contributed by atoms with E-state index in [1.807, 2.05) is 63.7 Å². The van der Waals surface area contributed by atoms with E-state index in [9.17, 15) is 19.2 Å². The number of fused-ring (bicyclic) bond motifs is 5. The number of nitrogens with one attached hydrogen (secondary N) is 4. The van der Waals surface area contributed by atoms with Gasteiger partial charge in [0.25, 0.3) is 0 Å². The average Bonchev–Trinajstić information content (AvgIpc) is 3.93. The van der Waals surface area contributed by atoms with Crippen molar-refractivity contribution in [3.63, 3.8) is 0 Å². The number of ether oxygens (including phenoxy) is 2. The van der Waals surface area contributed by atoms with Crippen LogP contribution in [0.2, 0.25) is 0 Å². The topological polar surface area (TPSA) is 180 Å². The Bertz CT molecular complexity index is 3010. The van der Waals surface area contributed by atoms with Crippen LogP contribution in [0.3, 0.4) is 0 Å². The minimum atomic E-state index is -0.659. The largest absolute Gasteiger partial charge is 0.444 e. The van der Waals surface area contributed by atoms with E-state index in [1.165, 1.54) is 16.7 Å². The molecule has 4 fully saturated rings. The molecule has 4 N–H and O–H groups in total. The zero-order valence-electron chi connectivity index (χ0n) is 41.6. The molecule has 0 bridgehead atoms. The Morgan fingerprint density at radius 1 is 0.634 bits per heavy atom. The number of likely N-dealkylation sites (tertiary alicyclic amines) is 2. The predicted molar refractivity (Wildman–Crippen MR) is 270 cm³/mol. The maximum absolute atomic E-state index is 14.1. The Labute approximate surface area is 414 Å². The number of aromatic amines is 2. The molecule has 6 heterocycles. The molecule has 3 aliphatic heterocycles. The van der Waals surface area contributed by atoms with Crippen molar-refractivity contribution in [1.29, 1.82) is 0 Å². The number of imidazole rings is 2. The number of nitrogens with zero attached hydrogens (tertiary/aromatic N) is 5. The predicted octanol–water partition coefficient (Wildman–Crippen LogP) is 10.2. The molecule has 2 saturated carbocycles. The summed E-state index contributed by atoms with van der Waals surface area (Å²) < 4.78 is 13.5. The van der Waals surface area contributed by atoms with Crippen molar-refractivity contribution in [2.45, 2.75) is 141 Å². The summed E-state index contributed by atoms with van der Waals surface area (Å²) in [6.07, 6.45) is 10.3. The Morgan fingerprint density at radius 2 is 1.15 bits per heavy atom. The lowest BCUT2D eigenvalue weighted by Crippen LogP contribution is -2.50. The van der Waals surface area contributed by atoms with Crippen molar-refractivity contribution in [1.82, 2.24) is 44.9 Å². The number of alkyl carbamates (subject to hydrolysis) is 2. The van der Waals surface area contributed by atoms with Gasteiger partial charge in [-0.1, -0.05) is 48.5 Å². The highest BCUT2D eigenvalue weighted by atomic mass is 16.6. The molecule has 15 nitrogen and oxygen atoms in total. The van der Waals surface area contributed by atoms with Gasteiger partial charge in [-0.25, -0.2) is 19.6 Å². The van der Waals surface area contributed by atoms with Gasteiger partial charge in [-0.3, -0.25) is 9.59 Å². The first-order valence-electron chi connectivity index (χ1n) is 25.6. The molecule has 2 aliphatic carbocycles. The summed E-state index contributed by atoms with van der Waals surface area (Å²) in [6.45, 7) is 12.1.